The van der Waals surface area contributed by atoms with Gasteiger partial charge in [-0.05, 0) is 36.2 Å². The lowest BCUT2D eigenvalue weighted by Gasteiger charge is -2.13. The number of benzene rings is 2. The van der Waals surface area contributed by atoms with Crippen molar-refractivity contribution >= 4 is 11.6 Å². The maximum Gasteiger partial charge on any atom is 0.257 e. The highest BCUT2D eigenvalue weighted by molar-refractivity contribution is 5.95. The van der Waals surface area contributed by atoms with Gasteiger partial charge in [0.05, 0.1) is 7.11 Å². The Morgan fingerprint density at radius 3 is 2.65 bits per heavy atom. The third-order valence-electron chi connectivity index (χ3n) is 3.06. The highest BCUT2D eigenvalue weighted by Gasteiger charge is 2.18. The number of methoxy groups -OCH3 is 1. The lowest BCUT2D eigenvalue weighted by atomic mass is 10.1. The average Bonchev–Trinajstić information content (AvgIpc) is 2.48. The second kappa shape index (κ2) is 6.21. The summed E-state index contributed by atoms with van der Waals surface area (Å²) in [5.41, 5.74) is 2.13. The summed E-state index contributed by atoms with van der Waals surface area (Å²) in [7, 11) is 1.54. The largest absolute Gasteiger partial charge is 0.497 e. The van der Waals surface area contributed by atoms with Crippen LogP contribution < -0.4 is 10.1 Å². The number of aryl methyl sites for hydroxylation is 1. The monoisotopic (exact) mass is 271 g/mol. The second-order valence-corrected chi connectivity index (χ2v) is 4.48. The summed E-state index contributed by atoms with van der Waals surface area (Å²) in [6.07, 6.45) is -1.23. The van der Waals surface area contributed by atoms with Gasteiger partial charge in [-0.3, -0.25) is 4.79 Å². The molecule has 0 saturated heterocycles. The number of anilines is 1. The van der Waals surface area contributed by atoms with Gasteiger partial charge in [-0.2, -0.15) is 0 Å². The van der Waals surface area contributed by atoms with Gasteiger partial charge in [-0.25, -0.2) is 0 Å². The van der Waals surface area contributed by atoms with Crippen molar-refractivity contribution in [3.8, 4) is 5.75 Å². The number of nitrogens with one attached hydrogen (secondary N) is 1. The molecule has 0 aliphatic heterocycles. The first kappa shape index (κ1) is 14.1. The highest BCUT2D eigenvalue weighted by atomic mass is 16.5. The van der Waals surface area contributed by atoms with Crippen LogP contribution in [0, 0.1) is 6.92 Å². The summed E-state index contributed by atoms with van der Waals surface area (Å²) in [6.45, 7) is 1.90. The molecule has 104 valence electrons. The van der Waals surface area contributed by atoms with Gasteiger partial charge in [0.25, 0.3) is 5.91 Å². The number of hydrogen-bond donors (Lipinski definition) is 2. The zero-order chi connectivity index (χ0) is 14.5. The summed E-state index contributed by atoms with van der Waals surface area (Å²) >= 11 is 0. The standard InChI is InChI=1S/C16H17NO3/c1-11-6-3-4-9-14(11)17-16(19)15(18)12-7-5-8-13(10-12)20-2/h3-10,15,18H,1-2H3,(H,17,19). The zero-order valence-corrected chi connectivity index (χ0v) is 11.5. The number of rotatable bonds is 4. The van der Waals surface area contributed by atoms with Crippen LogP contribution in [0.4, 0.5) is 5.69 Å². The van der Waals surface area contributed by atoms with E-state index in [1.165, 1.54) is 0 Å². The minimum Gasteiger partial charge on any atom is -0.497 e. The summed E-state index contributed by atoms with van der Waals surface area (Å²) in [5, 5.41) is 12.8. The zero-order valence-electron chi connectivity index (χ0n) is 11.5. The number of carbonyl (C=O) groups excluding carboxylic acids is 1. The first-order valence-electron chi connectivity index (χ1n) is 6.30. The van der Waals surface area contributed by atoms with Crippen molar-refractivity contribution in [2.24, 2.45) is 0 Å². The summed E-state index contributed by atoms with van der Waals surface area (Å²) < 4.78 is 5.08. The van der Waals surface area contributed by atoms with E-state index < -0.39 is 12.0 Å². The van der Waals surface area contributed by atoms with Crippen LogP contribution >= 0.6 is 0 Å². The smallest absolute Gasteiger partial charge is 0.257 e. The third-order valence-corrected chi connectivity index (χ3v) is 3.06. The molecule has 0 saturated carbocycles. The van der Waals surface area contributed by atoms with Crippen molar-refractivity contribution in [1.82, 2.24) is 0 Å². The fourth-order valence-corrected chi connectivity index (χ4v) is 1.88. The van der Waals surface area contributed by atoms with Crippen LogP contribution in [0.1, 0.15) is 17.2 Å². The number of amides is 1. The number of para-hydroxylation sites is 1. The number of hydrogen-bond acceptors (Lipinski definition) is 3. The van der Waals surface area contributed by atoms with Crippen molar-refractivity contribution < 1.29 is 14.6 Å². The first-order chi connectivity index (χ1) is 9.61. The molecular formula is C16H17NO3. The van der Waals surface area contributed by atoms with E-state index in [0.29, 0.717) is 17.0 Å². The molecule has 0 aliphatic rings. The lowest BCUT2D eigenvalue weighted by Crippen LogP contribution is -2.21. The van der Waals surface area contributed by atoms with Crippen LogP contribution in [-0.4, -0.2) is 18.1 Å². The molecule has 1 unspecified atom stereocenters. The molecule has 1 atom stereocenters. The molecule has 0 bridgehead atoms. The van der Waals surface area contributed by atoms with Crippen LogP contribution in [0.15, 0.2) is 48.5 Å². The molecule has 20 heavy (non-hydrogen) atoms. The van der Waals surface area contributed by atoms with Crippen LogP contribution in [0.25, 0.3) is 0 Å². The van der Waals surface area contributed by atoms with Gasteiger partial charge in [0, 0.05) is 5.69 Å². The Balaban J connectivity index is 2.14. The van der Waals surface area contributed by atoms with E-state index >= 15 is 0 Å². The molecule has 2 rings (SSSR count). The number of aliphatic hydroxyl groups is 1. The summed E-state index contributed by atoms with van der Waals surface area (Å²) in [6, 6.07) is 14.2. The average molecular weight is 271 g/mol. The van der Waals surface area contributed by atoms with Crippen LogP contribution in [0.5, 0.6) is 5.75 Å². The van der Waals surface area contributed by atoms with E-state index in [4.69, 9.17) is 4.74 Å². The molecule has 2 aromatic carbocycles. The third kappa shape index (κ3) is 3.16. The fourth-order valence-electron chi connectivity index (χ4n) is 1.88. The Morgan fingerprint density at radius 2 is 1.95 bits per heavy atom. The Hall–Kier alpha value is -2.33. The maximum absolute atomic E-state index is 12.1. The molecule has 2 aromatic rings. The highest BCUT2D eigenvalue weighted by Crippen LogP contribution is 2.21. The molecule has 0 fully saturated rings. The van der Waals surface area contributed by atoms with E-state index in [1.54, 1.807) is 37.4 Å². The molecule has 4 nitrogen and oxygen atoms in total. The predicted octanol–water partition coefficient (Wildman–Crippen LogP) is 2.68. The van der Waals surface area contributed by atoms with E-state index in [-0.39, 0.29) is 0 Å². The quantitative estimate of drug-likeness (QED) is 0.898. The number of ether oxygens (including phenoxy) is 1. The van der Waals surface area contributed by atoms with Gasteiger partial charge >= 0.3 is 0 Å². The summed E-state index contributed by atoms with van der Waals surface area (Å²) in [5.74, 6) is 0.137. The minimum atomic E-state index is -1.23. The van der Waals surface area contributed by atoms with E-state index in [0.717, 1.165) is 5.56 Å². The van der Waals surface area contributed by atoms with Crippen LogP contribution in [-0.2, 0) is 4.79 Å². The predicted molar refractivity (Wildman–Crippen MR) is 77.8 cm³/mol. The molecule has 0 heterocycles. The SMILES string of the molecule is COc1cccc(C(O)C(=O)Nc2ccccc2C)c1. The van der Waals surface area contributed by atoms with E-state index in [2.05, 4.69) is 5.32 Å². The number of carbonyl (C=O) groups is 1. The van der Waals surface area contributed by atoms with Gasteiger partial charge in [0.1, 0.15) is 5.75 Å². The Morgan fingerprint density at radius 1 is 1.20 bits per heavy atom. The molecular weight excluding hydrogens is 254 g/mol. The van der Waals surface area contributed by atoms with Gasteiger partial charge in [-0.1, -0.05) is 30.3 Å². The number of aliphatic hydroxyl groups excluding tert-OH is 1. The van der Waals surface area contributed by atoms with Crippen molar-refractivity contribution in [2.45, 2.75) is 13.0 Å². The van der Waals surface area contributed by atoms with E-state index in [9.17, 15) is 9.90 Å². The normalized spacial score (nSPS) is 11.8. The van der Waals surface area contributed by atoms with Gasteiger partial charge < -0.3 is 15.2 Å². The Labute approximate surface area is 118 Å². The summed E-state index contributed by atoms with van der Waals surface area (Å²) in [4.78, 5) is 12.1. The topological polar surface area (TPSA) is 58.6 Å². The Kier molecular flexibility index (Phi) is 4.38. The van der Waals surface area contributed by atoms with Crippen molar-refractivity contribution in [1.29, 1.82) is 0 Å². The van der Waals surface area contributed by atoms with Crippen molar-refractivity contribution in [3.63, 3.8) is 0 Å². The molecule has 0 spiro atoms. The second-order valence-electron chi connectivity index (χ2n) is 4.48. The minimum absolute atomic E-state index is 0.465. The van der Waals surface area contributed by atoms with Gasteiger partial charge in [0.15, 0.2) is 6.10 Å². The molecule has 1 amide bonds. The molecule has 0 radical (unpaired) electrons. The Bertz CT molecular complexity index is 610. The first-order valence-corrected chi connectivity index (χ1v) is 6.30. The molecule has 4 heteroatoms. The molecule has 2 N–H and O–H groups in total. The van der Waals surface area contributed by atoms with Crippen LogP contribution in [0.3, 0.4) is 0 Å². The van der Waals surface area contributed by atoms with Crippen molar-refractivity contribution in [2.75, 3.05) is 12.4 Å². The van der Waals surface area contributed by atoms with Crippen molar-refractivity contribution in [3.05, 3.63) is 59.7 Å². The molecule has 0 aliphatic carbocycles. The molecule has 0 aromatic heterocycles. The van der Waals surface area contributed by atoms with E-state index in [1.807, 2.05) is 25.1 Å². The van der Waals surface area contributed by atoms with Gasteiger partial charge in [0.2, 0.25) is 0 Å². The fraction of sp³-hybridized carbons (Fsp3) is 0.188. The lowest BCUT2D eigenvalue weighted by molar-refractivity contribution is -0.124. The maximum atomic E-state index is 12.1. The van der Waals surface area contributed by atoms with Gasteiger partial charge in [-0.15, -0.1) is 0 Å². The van der Waals surface area contributed by atoms with Crippen LogP contribution in [0.2, 0.25) is 0 Å².